The molecule has 3 heteroatoms. The summed E-state index contributed by atoms with van der Waals surface area (Å²) in [7, 11) is 0. The van der Waals surface area contributed by atoms with Crippen LogP contribution < -0.4 is 5.32 Å². The minimum Gasteiger partial charge on any atom is -0.312 e. The number of rotatable bonds is 4. The summed E-state index contributed by atoms with van der Waals surface area (Å²) < 4.78 is 0. The highest BCUT2D eigenvalue weighted by Crippen LogP contribution is 2.37. The number of hydrogen-bond donors (Lipinski definition) is 1. The van der Waals surface area contributed by atoms with Crippen molar-refractivity contribution in [2.24, 2.45) is 17.8 Å². The van der Waals surface area contributed by atoms with E-state index in [9.17, 15) is 0 Å². The minimum atomic E-state index is 0.720. The Hall–Kier alpha value is -0.120. The van der Waals surface area contributed by atoms with Gasteiger partial charge in [-0.3, -0.25) is 9.80 Å². The van der Waals surface area contributed by atoms with Gasteiger partial charge in [0.2, 0.25) is 0 Å². The molecule has 5 unspecified atom stereocenters. The summed E-state index contributed by atoms with van der Waals surface area (Å²) in [5, 5.41) is 3.87. The van der Waals surface area contributed by atoms with E-state index in [2.05, 4.69) is 35.9 Å². The van der Waals surface area contributed by atoms with Gasteiger partial charge >= 0.3 is 0 Å². The Bertz CT molecular complexity index is 311. The molecule has 1 N–H and O–H groups in total. The molecule has 1 saturated carbocycles. The van der Waals surface area contributed by atoms with Crippen LogP contribution in [0.4, 0.5) is 0 Å². The average Bonchev–Trinajstić information content (AvgIpc) is 2.49. The van der Waals surface area contributed by atoms with Crippen LogP contribution in [0.15, 0.2) is 0 Å². The van der Waals surface area contributed by atoms with Crippen molar-refractivity contribution < 1.29 is 0 Å². The fraction of sp³-hybridized carbons (Fsp3) is 1.00. The lowest BCUT2D eigenvalue weighted by atomic mass is 9.71. The van der Waals surface area contributed by atoms with E-state index in [0.29, 0.717) is 0 Å². The predicted octanol–water partition coefficient (Wildman–Crippen LogP) is 2.04. The van der Waals surface area contributed by atoms with Gasteiger partial charge in [-0.2, -0.15) is 0 Å². The van der Waals surface area contributed by atoms with E-state index in [1.807, 2.05) is 0 Å². The topological polar surface area (TPSA) is 18.5 Å². The Kier molecular flexibility index (Phi) is 4.68. The summed E-state index contributed by atoms with van der Waals surface area (Å²) in [6, 6.07) is 1.49. The number of likely N-dealkylation sites (N-methyl/N-ethyl adjacent to an activating group) is 1. The first-order valence-corrected chi connectivity index (χ1v) is 8.88. The molecule has 4 aliphatic rings. The first-order valence-electron chi connectivity index (χ1n) is 8.88. The van der Waals surface area contributed by atoms with Crippen molar-refractivity contribution in [3.63, 3.8) is 0 Å². The van der Waals surface area contributed by atoms with Crippen molar-refractivity contribution >= 4 is 0 Å². The van der Waals surface area contributed by atoms with Gasteiger partial charge in [0, 0.05) is 44.8 Å². The molecule has 0 spiro atoms. The quantitative estimate of drug-likeness (QED) is 0.849. The van der Waals surface area contributed by atoms with Crippen LogP contribution in [0.2, 0.25) is 0 Å². The van der Waals surface area contributed by atoms with E-state index in [0.717, 1.165) is 36.4 Å². The Morgan fingerprint density at radius 2 is 1.80 bits per heavy atom. The molecule has 0 aromatic carbocycles. The van der Waals surface area contributed by atoms with E-state index in [1.54, 1.807) is 0 Å². The third-order valence-corrected chi connectivity index (χ3v) is 6.32. The number of piperazine rings is 3. The SMILES string of the molecule is CCNC(C1CCC(C)C(C)C1)C1CN2CCN1CC2. The number of nitrogens with one attached hydrogen (secondary N) is 1. The van der Waals surface area contributed by atoms with Gasteiger partial charge in [0.05, 0.1) is 0 Å². The zero-order valence-electron chi connectivity index (χ0n) is 13.6. The molecule has 2 bridgehead atoms. The number of hydrogen-bond acceptors (Lipinski definition) is 3. The van der Waals surface area contributed by atoms with E-state index in [1.165, 1.54) is 52.0 Å². The van der Waals surface area contributed by atoms with Crippen LogP contribution in [0.1, 0.15) is 40.0 Å². The molecule has 3 heterocycles. The summed E-state index contributed by atoms with van der Waals surface area (Å²) in [5.41, 5.74) is 0. The van der Waals surface area contributed by atoms with Gasteiger partial charge in [0.25, 0.3) is 0 Å². The van der Waals surface area contributed by atoms with Crippen LogP contribution in [0.5, 0.6) is 0 Å². The first-order chi connectivity index (χ1) is 9.69. The molecule has 0 amide bonds. The molecule has 0 aromatic rings. The molecule has 4 fully saturated rings. The summed E-state index contributed by atoms with van der Waals surface area (Å²) in [6.07, 6.45) is 4.31. The van der Waals surface area contributed by atoms with Crippen LogP contribution in [0.3, 0.4) is 0 Å². The van der Waals surface area contributed by atoms with Crippen molar-refractivity contribution in [1.29, 1.82) is 0 Å². The standard InChI is InChI=1S/C17H33N3/c1-4-18-17(15-6-5-13(2)14(3)11-15)16-12-19-7-9-20(16)10-8-19/h13-18H,4-12H2,1-3H3. The molecule has 1 aliphatic carbocycles. The third kappa shape index (κ3) is 2.90. The maximum absolute atomic E-state index is 3.87. The Morgan fingerprint density at radius 1 is 1.05 bits per heavy atom. The fourth-order valence-corrected chi connectivity index (χ4v) is 4.77. The highest BCUT2D eigenvalue weighted by Gasteiger charge is 2.41. The van der Waals surface area contributed by atoms with Crippen LogP contribution in [-0.2, 0) is 0 Å². The van der Waals surface area contributed by atoms with Gasteiger partial charge in [-0.1, -0.05) is 27.2 Å². The van der Waals surface area contributed by atoms with Gasteiger partial charge in [0.1, 0.15) is 0 Å². The highest BCUT2D eigenvalue weighted by atomic mass is 15.4. The Morgan fingerprint density at radius 3 is 2.35 bits per heavy atom. The molecule has 3 aliphatic heterocycles. The monoisotopic (exact) mass is 279 g/mol. The maximum Gasteiger partial charge on any atom is 0.0380 e. The summed E-state index contributed by atoms with van der Waals surface area (Å²) in [6.45, 7) is 14.8. The number of nitrogens with zero attached hydrogens (tertiary/aromatic N) is 2. The third-order valence-electron chi connectivity index (χ3n) is 6.32. The molecule has 3 saturated heterocycles. The summed E-state index contributed by atoms with van der Waals surface area (Å²) in [5.74, 6) is 2.73. The summed E-state index contributed by atoms with van der Waals surface area (Å²) in [4.78, 5) is 5.46. The van der Waals surface area contributed by atoms with Crippen molar-refractivity contribution in [1.82, 2.24) is 15.1 Å². The van der Waals surface area contributed by atoms with Crippen molar-refractivity contribution in [2.75, 3.05) is 39.3 Å². The molecular weight excluding hydrogens is 246 g/mol. The predicted molar refractivity (Wildman–Crippen MR) is 84.9 cm³/mol. The molecule has 0 radical (unpaired) electrons. The van der Waals surface area contributed by atoms with Gasteiger partial charge < -0.3 is 5.32 Å². The molecule has 3 nitrogen and oxygen atoms in total. The van der Waals surface area contributed by atoms with Crippen LogP contribution >= 0.6 is 0 Å². The Balaban J connectivity index is 1.69. The highest BCUT2D eigenvalue weighted by molar-refractivity contribution is 4.98. The molecular formula is C17H33N3. The largest absolute Gasteiger partial charge is 0.312 e. The van der Waals surface area contributed by atoms with Crippen LogP contribution in [0.25, 0.3) is 0 Å². The van der Waals surface area contributed by atoms with Crippen molar-refractivity contribution in [3.8, 4) is 0 Å². The second-order valence-electron chi connectivity index (χ2n) is 7.52. The van der Waals surface area contributed by atoms with Crippen molar-refractivity contribution in [2.45, 2.75) is 52.1 Å². The van der Waals surface area contributed by atoms with Gasteiger partial charge in [0.15, 0.2) is 0 Å². The van der Waals surface area contributed by atoms with E-state index >= 15 is 0 Å². The average molecular weight is 279 g/mol. The molecule has 20 heavy (non-hydrogen) atoms. The van der Waals surface area contributed by atoms with Gasteiger partial charge in [-0.05, 0) is 37.1 Å². The second-order valence-corrected chi connectivity index (χ2v) is 7.52. The lowest BCUT2D eigenvalue weighted by Gasteiger charge is -2.52. The smallest absolute Gasteiger partial charge is 0.0380 e. The molecule has 116 valence electrons. The van der Waals surface area contributed by atoms with Gasteiger partial charge in [-0.25, -0.2) is 0 Å². The zero-order valence-corrected chi connectivity index (χ0v) is 13.6. The van der Waals surface area contributed by atoms with E-state index in [4.69, 9.17) is 0 Å². The minimum absolute atomic E-state index is 0.720. The normalized spacial score (nSPS) is 46.4. The van der Waals surface area contributed by atoms with E-state index < -0.39 is 0 Å². The number of fused-ring (bicyclic) bond motifs is 3. The van der Waals surface area contributed by atoms with E-state index in [-0.39, 0.29) is 0 Å². The molecule has 4 rings (SSSR count). The Labute approximate surface area is 125 Å². The van der Waals surface area contributed by atoms with Gasteiger partial charge in [-0.15, -0.1) is 0 Å². The zero-order chi connectivity index (χ0) is 14.1. The molecule has 0 aromatic heterocycles. The lowest BCUT2D eigenvalue weighted by Crippen LogP contribution is -2.67. The molecule has 5 atom stereocenters. The lowest BCUT2D eigenvalue weighted by molar-refractivity contribution is -0.0200. The first kappa shape index (κ1) is 14.8. The van der Waals surface area contributed by atoms with Crippen LogP contribution in [0, 0.1) is 17.8 Å². The summed E-state index contributed by atoms with van der Waals surface area (Å²) >= 11 is 0. The van der Waals surface area contributed by atoms with Crippen LogP contribution in [-0.4, -0.2) is 61.2 Å². The second kappa shape index (κ2) is 6.33. The van der Waals surface area contributed by atoms with Crippen molar-refractivity contribution in [3.05, 3.63) is 0 Å². The fourth-order valence-electron chi connectivity index (χ4n) is 4.77. The maximum atomic E-state index is 3.87.